The maximum absolute atomic E-state index is 10.8. The molecule has 1 atom stereocenters. The first-order chi connectivity index (χ1) is 5.20. The number of likely N-dealkylation sites (tertiary alicyclic amines) is 1. The van der Waals surface area contributed by atoms with Gasteiger partial charge in [0.1, 0.15) is 5.78 Å². The average Bonchev–Trinajstić information content (AvgIpc) is 2.40. The first-order valence-corrected chi connectivity index (χ1v) is 4.39. The van der Waals surface area contributed by atoms with Crippen molar-refractivity contribution in [3.63, 3.8) is 0 Å². The Bertz CT molecular complexity index is 123. The molecule has 0 aromatic rings. The highest BCUT2D eigenvalue weighted by atomic mass is 16.1. The maximum atomic E-state index is 10.8. The molecule has 2 heteroatoms. The van der Waals surface area contributed by atoms with Crippen molar-refractivity contribution in [3.05, 3.63) is 0 Å². The molecule has 1 rings (SSSR count). The summed E-state index contributed by atoms with van der Waals surface area (Å²) in [5.41, 5.74) is 0. The number of ketones is 1. The summed E-state index contributed by atoms with van der Waals surface area (Å²) in [6.45, 7) is 7.74. The minimum atomic E-state index is 0.329. The minimum absolute atomic E-state index is 0.329. The van der Waals surface area contributed by atoms with Gasteiger partial charge in [0.2, 0.25) is 0 Å². The van der Waals surface area contributed by atoms with Crippen LogP contribution in [-0.2, 0) is 4.79 Å². The van der Waals surface area contributed by atoms with Crippen LogP contribution in [0.15, 0.2) is 0 Å². The van der Waals surface area contributed by atoms with E-state index in [2.05, 4.69) is 11.9 Å². The van der Waals surface area contributed by atoms with Crippen LogP contribution in [0.1, 0.15) is 27.2 Å². The summed E-state index contributed by atoms with van der Waals surface area (Å²) >= 11 is 0. The van der Waals surface area contributed by atoms with Gasteiger partial charge in [-0.15, -0.1) is 0 Å². The van der Waals surface area contributed by atoms with E-state index < -0.39 is 0 Å². The van der Waals surface area contributed by atoms with Gasteiger partial charge in [-0.05, 0) is 26.9 Å². The molecule has 1 heterocycles. The van der Waals surface area contributed by atoms with E-state index in [0.29, 0.717) is 11.7 Å². The van der Waals surface area contributed by atoms with E-state index >= 15 is 0 Å². The Morgan fingerprint density at radius 3 is 2.18 bits per heavy atom. The molecule has 1 aliphatic rings. The van der Waals surface area contributed by atoms with Crippen LogP contribution in [0.4, 0.5) is 0 Å². The lowest BCUT2D eigenvalue weighted by Gasteiger charge is -2.05. The average molecular weight is 157 g/mol. The van der Waals surface area contributed by atoms with Crippen LogP contribution in [0.2, 0.25) is 0 Å². The molecule has 66 valence electrons. The number of nitrogens with zero attached hydrogens (tertiary/aromatic N) is 1. The fourth-order valence-corrected chi connectivity index (χ4v) is 1.27. The SMILES string of the molecule is CC.CC(=O)C1CCN(C)C1. The van der Waals surface area contributed by atoms with Gasteiger partial charge in [-0.1, -0.05) is 13.8 Å². The van der Waals surface area contributed by atoms with Gasteiger partial charge < -0.3 is 4.90 Å². The van der Waals surface area contributed by atoms with Crippen LogP contribution in [0.3, 0.4) is 0 Å². The van der Waals surface area contributed by atoms with E-state index in [4.69, 9.17) is 0 Å². The number of hydrogen-bond donors (Lipinski definition) is 0. The summed E-state index contributed by atoms with van der Waals surface area (Å²) in [6, 6.07) is 0. The van der Waals surface area contributed by atoms with Gasteiger partial charge in [0.15, 0.2) is 0 Å². The predicted octanol–water partition coefficient (Wildman–Crippen LogP) is 1.55. The Balaban J connectivity index is 0.000000461. The van der Waals surface area contributed by atoms with E-state index in [0.717, 1.165) is 19.5 Å². The van der Waals surface area contributed by atoms with Crippen LogP contribution in [-0.4, -0.2) is 30.8 Å². The van der Waals surface area contributed by atoms with Crippen LogP contribution >= 0.6 is 0 Å². The number of carbonyl (C=O) groups excluding carboxylic acids is 1. The molecular formula is C9H19NO. The number of hydrogen-bond acceptors (Lipinski definition) is 2. The van der Waals surface area contributed by atoms with Gasteiger partial charge in [-0.3, -0.25) is 4.79 Å². The van der Waals surface area contributed by atoms with E-state index in [1.54, 1.807) is 6.92 Å². The third-order valence-corrected chi connectivity index (χ3v) is 1.97. The highest BCUT2D eigenvalue weighted by molar-refractivity contribution is 5.78. The first kappa shape index (κ1) is 10.6. The standard InChI is InChI=1S/C7H13NO.C2H6/c1-6(9)7-3-4-8(2)5-7;1-2/h7H,3-5H2,1-2H3;1-2H3. The number of carbonyl (C=O) groups is 1. The van der Waals surface area contributed by atoms with Gasteiger partial charge in [-0.25, -0.2) is 0 Å². The van der Waals surface area contributed by atoms with Crippen molar-refractivity contribution in [2.45, 2.75) is 27.2 Å². The molecule has 0 N–H and O–H groups in total. The summed E-state index contributed by atoms with van der Waals surface area (Å²) < 4.78 is 0. The summed E-state index contributed by atoms with van der Waals surface area (Å²) in [5, 5.41) is 0. The number of Topliss-reactive ketones (excluding diaryl/α,β-unsaturated/α-hetero) is 1. The topological polar surface area (TPSA) is 20.3 Å². The van der Waals surface area contributed by atoms with Crippen molar-refractivity contribution in [1.29, 1.82) is 0 Å². The molecule has 0 bridgehead atoms. The molecule has 11 heavy (non-hydrogen) atoms. The third kappa shape index (κ3) is 3.51. The quantitative estimate of drug-likeness (QED) is 0.575. The van der Waals surface area contributed by atoms with Crippen molar-refractivity contribution in [2.24, 2.45) is 5.92 Å². The largest absolute Gasteiger partial charge is 0.306 e. The van der Waals surface area contributed by atoms with Crippen molar-refractivity contribution in [1.82, 2.24) is 4.90 Å². The molecule has 0 aromatic carbocycles. The Morgan fingerprint density at radius 2 is 2.00 bits per heavy atom. The zero-order valence-electron chi connectivity index (χ0n) is 8.05. The summed E-state index contributed by atoms with van der Waals surface area (Å²) in [4.78, 5) is 13.0. The van der Waals surface area contributed by atoms with Crippen LogP contribution < -0.4 is 0 Å². The summed E-state index contributed by atoms with van der Waals surface area (Å²) in [6.07, 6.45) is 1.06. The second-order valence-corrected chi connectivity index (χ2v) is 2.86. The second-order valence-electron chi connectivity index (χ2n) is 2.86. The molecule has 0 saturated carbocycles. The normalized spacial score (nSPS) is 24.2. The zero-order valence-corrected chi connectivity index (χ0v) is 8.05. The van der Waals surface area contributed by atoms with Gasteiger partial charge in [-0.2, -0.15) is 0 Å². The first-order valence-electron chi connectivity index (χ1n) is 4.39. The third-order valence-electron chi connectivity index (χ3n) is 1.97. The maximum Gasteiger partial charge on any atom is 0.134 e. The van der Waals surface area contributed by atoms with Crippen LogP contribution in [0.25, 0.3) is 0 Å². The fourth-order valence-electron chi connectivity index (χ4n) is 1.27. The lowest BCUT2D eigenvalue weighted by molar-refractivity contribution is -0.120. The smallest absolute Gasteiger partial charge is 0.134 e. The van der Waals surface area contributed by atoms with Gasteiger partial charge in [0.05, 0.1) is 0 Å². The highest BCUT2D eigenvalue weighted by Crippen LogP contribution is 2.14. The van der Waals surface area contributed by atoms with E-state index in [-0.39, 0.29) is 0 Å². The minimum Gasteiger partial charge on any atom is -0.306 e. The van der Waals surface area contributed by atoms with Gasteiger partial charge in [0.25, 0.3) is 0 Å². The molecule has 1 aliphatic heterocycles. The Morgan fingerprint density at radius 1 is 1.45 bits per heavy atom. The Kier molecular flexibility index (Phi) is 5.12. The van der Waals surface area contributed by atoms with Crippen molar-refractivity contribution < 1.29 is 4.79 Å². The van der Waals surface area contributed by atoms with Gasteiger partial charge in [0, 0.05) is 12.5 Å². The monoisotopic (exact) mass is 157 g/mol. The Hall–Kier alpha value is -0.370. The molecule has 0 aromatic heterocycles. The molecule has 0 radical (unpaired) electrons. The van der Waals surface area contributed by atoms with Gasteiger partial charge >= 0.3 is 0 Å². The molecule has 1 unspecified atom stereocenters. The molecular weight excluding hydrogens is 138 g/mol. The predicted molar refractivity (Wildman–Crippen MR) is 47.6 cm³/mol. The molecule has 0 spiro atoms. The van der Waals surface area contributed by atoms with Crippen LogP contribution in [0.5, 0.6) is 0 Å². The van der Waals surface area contributed by atoms with Crippen LogP contribution in [0, 0.1) is 5.92 Å². The lowest BCUT2D eigenvalue weighted by atomic mass is 10.1. The molecule has 0 amide bonds. The zero-order chi connectivity index (χ0) is 8.85. The highest BCUT2D eigenvalue weighted by Gasteiger charge is 2.22. The fraction of sp³-hybridized carbons (Fsp3) is 0.889. The van der Waals surface area contributed by atoms with Crippen molar-refractivity contribution in [2.75, 3.05) is 20.1 Å². The van der Waals surface area contributed by atoms with Crippen molar-refractivity contribution >= 4 is 5.78 Å². The summed E-state index contributed by atoms with van der Waals surface area (Å²) in [5.74, 6) is 0.675. The Labute approximate surface area is 69.6 Å². The lowest BCUT2D eigenvalue weighted by Crippen LogP contribution is -2.17. The van der Waals surface area contributed by atoms with E-state index in [9.17, 15) is 4.79 Å². The molecule has 1 saturated heterocycles. The van der Waals surface area contributed by atoms with E-state index in [1.807, 2.05) is 13.8 Å². The molecule has 2 nitrogen and oxygen atoms in total. The number of rotatable bonds is 1. The van der Waals surface area contributed by atoms with Crippen molar-refractivity contribution in [3.8, 4) is 0 Å². The summed E-state index contributed by atoms with van der Waals surface area (Å²) in [7, 11) is 2.06. The second kappa shape index (κ2) is 5.30. The molecule has 1 fully saturated rings. The van der Waals surface area contributed by atoms with E-state index in [1.165, 1.54) is 0 Å². The molecule has 0 aliphatic carbocycles.